The number of halogens is 1. The van der Waals surface area contributed by atoms with Gasteiger partial charge in [0.1, 0.15) is 0 Å². The maximum atomic E-state index is 12.4. The second kappa shape index (κ2) is 8.67. The van der Waals surface area contributed by atoms with Crippen LogP contribution in [-0.4, -0.2) is 18.4 Å². The second-order valence-electron chi connectivity index (χ2n) is 5.91. The normalized spacial score (nSPS) is 10.4. The zero-order chi connectivity index (χ0) is 18.4. The van der Waals surface area contributed by atoms with E-state index in [1.54, 1.807) is 23.1 Å². The van der Waals surface area contributed by atoms with Crippen molar-refractivity contribution in [1.29, 1.82) is 0 Å². The molecule has 0 heterocycles. The molecule has 25 heavy (non-hydrogen) atoms. The molecule has 2 aromatic carbocycles. The van der Waals surface area contributed by atoms with Crippen molar-refractivity contribution >= 4 is 34.8 Å². The number of nitrogens with zero attached hydrogens (tertiary/aromatic N) is 1. The number of amides is 2. The molecule has 132 valence electrons. The first-order valence-corrected chi connectivity index (χ1v) is 8.72. The molecule has 0 aliphatic carbocycles. The van der Waals surface area contributed by atoms with E-state index in [1.165, 1.54) is 6.92 Å². The van der Waals surface area contributed by atoms with Crippen LogP contribution >= 0.6 is 11.6 Å². The summed E-state index contributed by atoms with van der Waals surface area (Å²) >= 11 is 6.00. The van der Waals surface area contributed by atoms with Crippen LogP contribution in [0.3, 0.4) is 0 Å². The summed E-state index contributed by atoms with van der Waals surface area (Å²) in [5.74, 6) is -0.238. The summed E-state index contributed by atoms with van der Waals surface area (Å²) in [5.41, 5.74) is 3.70. The minimum Gasteiger partial charge on any atom is -0.326 e. The van der Waals surface area contributed by atoms with Crippen LogP contribution in [0, 0.1) is 6.92 Å². The van der Waals surface area contributed by atoms with Crippen LogP contribution in [0.4, 0.5) is 11.4 Å². The first-order valence-electron chi connectivity index (χ1n) is 8.34. The number of hydrogen-bond acceptors (Lipinski definition) is 2. The van der Waals surface area contributed by atoms with E-state index in [9.17, 15) is 9.59 Å². The second-order valence-corrected chi connectivity index (χ2v) is 6.35. The van der Waals surface area contributed by atoms with Crippen LogP contribution in [0.15, 0.2) is 42.5 Å². The average molecular weight is 359 g/mol. The average Bonchev–Trinajstić information content (AvgIpc) is 2.56. The van der Waals surface area contributed by atoms with Crippen LogP contribution in [0.1, 0.15) is 31.4 Å². The summed E-state index contributed by atoms with van der Waals surface area (Å²) in [4.78, 5) is 25.9. The van der Waals surface area contributed by atoms with Crippen LogP contribution in [0.5, 0.6) is 0 Å². The van der Waals surface area contributed by atoms with E-state index in [2.05, 4.69) is 12.2 Å². The number of nitrogens with one attached hydrogen (secondary N) is 1. The summed E-state index contributed by atoms with van der Waals surface area (Å²) in [6.45, 7) is 5.81. The van der Waals surface area contributed by atoms with Gasteiger partial charge in [-0.3, -0.25) is 9.59 Å². The van der Waals surface area contributed by atoms with Gasteiger partial charge in [-0.1, -0.05) is 42.8 Å². The van der Waals surface area contributed by atoms with Crippen LogP contribution in [-0.2, 0) is 16.0 Å². The number of hydrogen-bond donors (Lipinski definition) is 1. The predicted molar refractivity (Wildman–Crippen MR) is 103 cm³/mol. The van der Waals surface area contributed by atoms with Crippen molar-refractivity contribution in [3.8, 4) is 0 Å². The lowest BCUT2D eigenvalue weighted by Crippen LogP contribution is -2.32. The van der Waals surface area contributed by atoms with Crippen LogP contribution < -0.4 is 10.2 Å². The number of carbonyl (C=O) groups is 2. The Morgan fingerprint density at radius 2 is 1.88 bits per heavy atom. The number of para-hydroxylation sites is 1. The molecule has 0 spiro atoms. The van der Waals surface area contributed by atoms with Gasteiger partial charge in [-0.15, -0.1) is 0 Å². The molecule has 0 saturated heterocycles. The SMILES string of the molecule is CCc1cccc(C)c1NC(=O)CCN(C(C)=O)c1cccc(Cl)c1. The summed E-state index contributed by atoms with van der Waals surface area (Å²) in [7, 11) is 0. The summed E-state index contributed by atoms with van der Waals surface area (Å²) in [6.07, 6.45) is 1.06. The molecule has 0 aliphatic heterocycles. The van der Waals surface area contributed by atoms with Gasteiger partial charge in [-0.2, -0.15) is 0 Å². The molecule has 0 fully saturated rings. The van der Waals surface area contributed by atoms with E-state index in [0.717, 1.165) is 23.2 Å². The fourth-order valence-electron chi connectivity index (χ4n) is 2.73. The van der Waals surface area contributed by atoms with Crippen molar-refractivity contribution < 1.29 is 9.59 Å². The largest absolute Gasteiger partial charge is 0.326 e. The third kappa shape index (κ3) is 5.07. The van der Waals surface area contributed by atoms with E-state index >= 15 is 0 Å². The molecule has 0 aromatic heterocycles. The Kier molecular flexibility index (Phi) is 6.59. The first-order chi connectivity index (χ1) is 11.9. The van der Waals surface area contributed by atoms with Crippen molar-refractivity contribution in [3.05, 3.63) is 58.6 Å². The fraction of sp³-hybridized carbons (Fsp3) is 0.300. The highest BCUT2D eigenvalue weighted by Crippen LogP contribution is 2.22. The van der Waals surface area contributed by atoms with E-state index in [0.29, 0.717) is 17.3 Å². The Morgan fingerprint density at radius 1 is 1.16 bits per heavy atom. The molecule has 0 atom stereocenters. The molecule has 0 bridgehead atoms. The number of benzene rings is 2. The van der Waals surface area contributed by atoms with Gasteiger partial charge < -0.3 is 10.2 Å². The van der Waals surface area contributed by atoms with Crippen molar-refractivity contribution in [1.82, 2.24) is 0 Å². The summed E-state index contributed by atoms with van der Waals surface area (Å²) < 4.78 is 0. The highest BCUT2D eigenvalue weighted by molar-refractivity contribution is 6.30. The van der Waals surface area contributed by atoms with Gasteiger partial charge in [0.05, 0.1) is 0 Å². The Morgan fingerprint density at radius 3 is 2.52 bits per heavy atom. The minimum atomic E-state index is -0.125. The minimum absolute atomic E-state index is 0.114. The highest BCUT2D eigenvalue weighted by atomic mass is 35.5. The third-order valence-corrected chi connectivity index (χ3v) is 4.30. The Bertz CT molecular complexity index is 774. The lowest BCUT2D eigenvalue weighted by Gasteiger charge is -2.21. The van der Waals surface area contributed by atoms with Gasteiger partial charge in [0.25, 0.3) is 0 Å². The monoisotopic (exact) mass is 358 g/mol. The molecule has 0 radical (unpaired) electrons. The lowest BCUT2D eigenvalue weighted by atomic mass is 10.1. The van der Waals surface area contributed by atoms with Crippen molar-refractivity contribution in [2.24, 2.45) is 0 Å². The Labute approximate surface area is 153 Å². The van der Waals surface area contributed by atoms with Gasteiger partial charge in [0, 0.05) is 36.3 Å². The van der Waals surface area contributed by atoms with Crippen molar-refractivity contribution in [3.63, 3.8) is 0 Å². The smallest absolute Gasteiger partial charge is 0.226 e. The number of anilines is 2. The Hall–Kier alpha value is -2.33. The van der Waals surface area contributed by atoms with E-state index < -0.39 is 0 Å². The van der Waals surface area contributed by atoms with Gasteiger partial charge in [0.15, 0.2) is 0 Å². The molecule has 4 nitrogen and oxygen atoms in total. The van der Waals surface area contributed by atoms with E-state index in [1.807, 2.05) is 31.2 Å². The van der Waals surface area contributed by atoms with Gasteiger partial charge in [0.2, 0.25) is 11.8 Å². The molecule has 1 N–H and O–H groups in total. The first kappa shape index (κ1) is 19.0. The molecule has 0 unspecified atom stereocenters. The van der Waals surface area contributed by atoms with Gasteiger partial charge in [-0.25, -0.2) is 0 Å². The molecule has 0 aliphatic rings. The van der Waals surface area contributed by atoms with E-state index in [4.69, 9.17) is 11.6 Å². The molecule has 2 amide bonds. The lowest BCUT2D eigenvalue weighted by molar-refractivity contribution is -0.117. The fourth-order valence-corrected chi connectivity index (χ4v) is 2.91. The maximum absolute atomic E-state index is 12.4. The maximum Gasteiger partial charge on any atom is 0.226 e. The quantitative estimate of drug-likeness (QED) is 0.820. The molecule has 2 aromatic rings. The van der Waals surface area contributed by atoms with Crippen LogP contribution in [0.2, 0.25) is 5.02 Å². The number of carbonyl (C=O) groups excluding carboxylic acids is 2. The number of aryl methyl sites for hydroxylation is 2. The topological polar surface area (TPSA) is 49.4 Å². The van der Waals surface area contributed by atoms with Gasteiger partial charge in [-0.05, 0) is 42.7 Å². The molecule has 0 saturated carbocycles. The summed E-state index contributed by atoms with van der Waals surface area (Å²) in [5, 5.41) is 3.54. The zero-order valence-corrected chi connectivity index (χ0v) is 15.6. The van der Waals surface area contributed by atoms with Crippen molar-refractivity contribution in [2.75, 3.05) is 16.8 Å². The molecular formula is C20H23ClN2O2. The molecule has 5 heteroatoms. The Balaban J connectivity index is 2.06. The number of rotatable bonds is 6. The van der Waals surface area contributed by atoms with E-state index in [-0.39, 0.29) is 18.2 Å². The van der Waals surface area contributed by atoms with Crippen LogP contribution in [0.25, 0.3) is 0 Å². The standard InChI is InChI=1S/C20H23ClN2O2/c1-4-16-8-5-7-14(2)20(16)22-19(25)11-12-23(15(3)24)18-10-6-9-17(21)13-18/h5-10,13H,4,11-12H2,1-3H3,(H,22,25). The molecule has 2 rings (SSSR count). The summed E-state index contributed by atoms with van der Waals surface area (Å²) in [6, 6.07) is 13.0. The van der Waals surface area contributed by atoms with Crippen molar-refractivity contribution in [2.45, 2.75) is 33.6 Å². The zero-order valence-electron chi connectivity index (χ0n) is 14.8. The highest BCUT2D eigenvalue weighted by Gasteiger charge is 2.15. The molecular weight excluding hydrogens is 336 g/mol. The third-order valence-electron chi connectivity index (χ3n) is 4.07. The van der Waals surface area contributed by atoms with Gasteiger partial charge >= 0.3 is 0 Å². The predicted octanol–water partition coefficient (Wildman–Crippen LogP) is 4.59.